The highest BCUT2D eigenvalue weighted by Crippen LogP contribution is 2.51. The molecular formula is C11H12N2O3S. The third kappa shape index (κ3) is 2.54. The van der Waals surface area contributed by atoms with E-state index in [-0.39, 0.29) is 0 Å². The number of nitrogens with one attached hydrogen (secondary N) is 1. The van der Waals surface area contributed by atoms with Crippen molar-refractivity contribution >= 4 is 21.8 Å². The molecule has 1 aliphatic carbocycles. The van der Waals surface area contributed by atoms with Gasteiger partial charge in [0, 0.05) is 5.56 Å². The van der Waals surface area contributed by atoms with Gasteiger partial charge in [-0.15, -0.1) is 0 Å². The second kappa shape index (κ2) is 3.98. The SMILES string of the molecule is CS(=O)(=O)Nc1ccccc1C1(N=C=O)CC1. The van der Waals surface area contributed by atoms with Crippen LogP contribution in [0.15, 0.2) is 29.3 Å². The van der Waals surface area contributed by atoms with Gasteiger partial charge in [-0.2, -0.15) is 4.99 Å². The number of carbonyl (C=O) groups excluding carboxylic acids is 1. The van der Waals surface area contributed by atoms with Crippen molar-refractivity contribution in [2.75, 3.05) is 11.0 Å². The Hall–Kier alpha value is -1.65. The summed E-state index contributed by atoms with van der Waals surface area (Å²) in [6.07, 6.45) is 4.13. The number of para-hydroxylation sites is 1. The van der Waals surface area contributed by atoms with Crippen LogP contribution in [0.5, 0.6) is 0 Å². The Morgan fingerprint density at radius 2 is 2.00 bits per heavy atom. The van der Waals surface area contributed by atoms with Crippen molar-refractivity contribution in [2.45, 2.75) is 18.4 Å². The minimum absolute atomic E-state index is 0.478. The normalized spacial score (nSPS) is 17.0. The monoisotopic (exact) mass is 252 g/mol. The fourth-order valence-corrected chi connectivity index (χ4v) is 2.40. The zero-order chi connectivity index (χ0) is 12.5. The van der Waals surface area contributed by atoms with Crippen LogP contribution >= 0.6 is 0 Å². The molecule has 1 N–H and O–H groups in total. The number of hydrogen-bond acceptors (Lipinski definition) is 4. The number of hydrogen-bond donors (Lipinski definition) is 1. The topological polar surface area (TPSA) is 75.6 Å². The maximum atomic E-state index is 11.2. The van der Waals surface area contributed by atoms with Gasteiger partial charge in [0.05, 0.1) is 11.9 Å². The summed E-state index contributed by atoms with van der Waals surface area (Å²) in [5.74, 6) is 0. The van der Waals surface area contributed by atoms with E-state index in [9.17, 15) is 13.2 Å². The van der Waals surface area contributed by atoms with Gasteiger partial charge in [-0.25, -0.2) is 13.2 Å². The molecule has 6 heteroatoms. The molecule has 0 spiro atoms. The van der Waals surface area contributed by atoms with Crippen molar-refractivity contribution in [3.63, 3.8) is 0 Å². The quantitative estimate of drug-likeness (QED) is 0.649. The largest absolute Gasteiger partial charge is 0.283 e. The van der Waals surface area contributed by atoms with Crippen LogP contribution in [0, 0.1) is 0 Å². The average Bonchev–Trinajstić information content (AvgIpc) is 2.98. The number of benzene rings is 1. The van der Waals surface area contributed by atoms with Crippen molar-refractivity contribution < 1.29 is 13.2 Å². The molecule has 0 aliphatic heterocycles. The molecule has 1 fully saturated rings. The molecule has 0 heterocycles. The van der Waals surface area contributed by atoms with Crippen molar-refractivity contribution in [1.29, 1.82) is 0 Å². The maximum absolute atomic E-state index is 11.2. The fraction of sp³-hybridized carbons (Fsp3) is 0.364. The van der Waals surface area contributed by atoms with Gasteiger partial charge in [-0.05, 0) is 18.9 Å². The Morgan fingerprint density at radius 3 is 2.53 bits per heavy atom. The molecular weight excluding hydrogens is 240 g/mol. The Balaban J connectivity index is 2.45. The molecule has 2 rings (SSSR count). The maximum Gasteiger partial charge on any atom is 0.235 e. The van der Waals surface area contributed by atoms with Crippen molar-refractivity contribution in [2.24, 2.45) is 4.99 Å². The summed E-state index contributed by atoms with van der Waals surface area (Å²) in [6, 6.07) is 6.97. The highest BCUT2D eigenvalue weighted by Gasteiger charge is 2.46. The van der Waals surface area contributed by atoms with Crippen molar-refractivity contribution in [3.8, 4) is 0 Å². The Morgan fingerprint density at radius 1 is 1.35 bits per heavy atom. The molecule has 0 unspecified atom stereocenters. The van der Waals surface area contributed by atoms with E-state index >= 15 is 0 Å². The van der Waals surface area contributed by atoms with E-state index < -0.39 is 15.6 Å². The molecule has 0 bridgehead atoms. The van der Waals surface area contributed by atoms with Crippen LogP contribution in [-0.2, 0) is 20.4 Å². The molecule has 1 aromatic carbocycles. The van der Waals surface area contributed by atoms with E-state index in [0.29, 0.717) is 5.69 Å². The summed E-state index contributed by atoms with van der Waals surface area (Å²) in [7, 11) is -3.34. The summed E-state index contributed by atoms with van der Waals surface area (Å²) in [4.78, 5) is 14.2. The lowest BCUT2D eigenvalue weighted by Gasteiger charge is -2.14. The molecule has 0 saturated heterocycles. The van der Waals surface area contributed by atoms with Gasteiger partial charge < -0.3 is 0 Å². The molecule has 5 nitrogen and oxygen atoms in total. The van der Waals surface area contributed by atoms with Crippen LogP contribution in [-0.4, -0.2) is 20.8 Å². The van der Waals surface area contributed by atoms with Gasteiger partial charge in [0.2, 0.25) is 16.1 Å². The molecule has 17 heavy (non-hydrogen) atoms. The summed E-state index contributed by atoms with van der Waals surface area (Å²) < 4.78 is 24.9. The first-order chi connectivity index (χ1) is 7.97. The summed E-state index contributed by atoms with van der Waals surface area (Å²) in [5.41, 5.74) is 0.635. The lowest BCUT2D eigenvalue weighted by Crippen LogP contribution is -2.14. The van der Waals surface area contributed by atoms with Gasteiger partial charge in [0.1, 0.15) is 5.54 Å². The van der Waals surface area contributed by atoms with Gasteiger partial charge in [0.15, 0.2) is 0 Å². The van der Waals surface area contributed by atoms with Gasteiger partial charge >= 0.3 is 0 Å². The summed E-state index contributed by atoms with van der Waals surface area (Å²) in [5, 5.41) is 0. The van der Waals surface area contributed by atoms with E-state index in [1.807, 2.05) is 0 Å². The second-order valence-corrected chi connectivity index (χ2v) is 5.90. The zero-order valence-electron chi connectivity index (χ0n) is 9.30. The van der Waals surface area contributed by atoms with E-state index in [1.165, 1.54) is 0 Å². The van der Waals surface area contributed by atoms with Crippen LogP contribution in [0.25, 0.3) is 0 Å². The van der Waals surface area contributed by atoms with E-state index in [2.05, 4.69) is 9.71 Å². The van der Waals surface area contributed by atoms with E-state index in [0.717, 1.165) is 24.7 Å². The number of aliphatic imine (C=N–C) groups is 1. The molecule has 1 saturated carbocycles. The Kier molecular flexibility index (Phi) is 2.77. The number of isocyanates is 1. The van der Waals surface area contributed by atoms with Crippen LogP contribution in [0.1, 0.15) is 18.4 Å². The average molecular weight is 252 g/mol. The molecule has 0 atom stereocenters. The highest BCUT2D eigenvalue weighted by molar-refractivity contribution is 7.92. The lowest BCUT2D eigenvalue weighted by atomic mass is 10.0. The molecule has 0 radical (unpaired) electrons. The molecule has 0 amide bonds. The van der Waals surface area contributed by atoms with Gasteiger partial charge in [-0.3, -0.25) is 4.72 Å². The molecule has 1 aromatic rings. The van der Waals surface area contributed by atoms with Crippen LogP contribution in [0.4, 0.5) is 5.69 Å². The zero-order valence-corrected chi connectivity index (χ0v) is 10.1. The predicted molar refractivity (Wildman–Crippen MR) is 63.9 cm³/mol. The Labute approximate surface area is 99.6 Å². The van der Waals surface area contributed by atoms with Crippen LogP contribution < -0.4 is 4.72 Å². The number of sulfonamides is 1. The summed E-state index contributed by atoms with van der Waals surface area (Å²) >= 11 is 0. The smallest absolute Gasteiger partial charge is 0.235 e. The third-order valence-electron chi connectivity index (χ3n) is 2.71. The van der Waals surface area contributed by atoms with E-state index in [4.69, 9.17) is 0 Å². The van der Waals surface area contributed by atoms with Gasteiger partial charge in [0.25, 0.3) is 0 Å². The summed E-state index contributed by atoms with van der Waals surface area (Å²) in [6.45, 7) is 0. The first kappa shape index (κ1) is 11.8. The molecule has 0 aromatic heterocycles. The number of anilines is 1. The third-order valence-corrected chi connectivity index (χ3v) is 3.30. The van der Waals surface area contributed by atoms with Crippen LogP contribution in [0.3, 0.4) is 0 Å². The minimum Gasteiger partial charge on any atom is -0.283 e. The van der Waals surface area contributed by atoms with Crippen molar-refractivity contribution in [3.05, 3.63) is 29.8 Å². The fourth-order valence-electron chi connectivity index (χ4n) is 1.82. The van der Waals surface area contributed by atoms with Gasteiger partial charge in [-0.1, -0.05) is 18.2 Å². The predicted octanol–water partition coefficient (Wildman–Crippen LogP) is 1.38. The minimum atomic E-state index is -3.34. The van der Waals surface area contributed by atoms with Crippen molar-refractivity contribution in [1.82, 2.24) is 0 Å². The molecule has 90 valence electrons. The Bertz CT molecular complexity index is 584. The number of rotatable bonds is 4. The highest BCUT2D eigenvalue weighted by atomic mass is 32.2. The first-order valence-electron chi connectivity index (χ1n) is 5.13. The van der Waals surface area contributed by atoms with Crippen LogP contribution in [0.2, 0.25) is 0 Å². The lowest BCUT2D eigenvalue weighted by molar-refractivity contribution is 0.556. The van der Waals surface area contributed by atoms with E-state index in [1.54, 1.807) is 30.3 Å². The first-order valence-corrected chi connectivity index (χ1v) is 7.02. The molecule has 1 aliphatic rings. The number of nitrogens with zero attached hydrogens (tertiary/aromatic N) is 1. The second-order valence-electron chi connectivity index (χ2n) is 4.15. The standard InChI is InChI=1S/C11H12N2O3S/c1-17(15,16)13-10-5-3-2-4-9(10)11(6-7-11)12-8-14/h2-5,13H,6-7H2,1H3.